The van der Waals surface area contributed by atoms with Gasteiger partial charge in [0.05, 0.1) is 35.1 Å². The number of methoxy groups -OCH3 is 1. The molecule has 1 aliphatic rings. The number of likely N-dealkylation sites (tertiary alicyclic amines) is 1. The van der Waals surface area contributed by atoms with Crippen molar-refractivity contribution < 1.29 is 29.3 Å². The Labute approximate surface area is 309 Å². The van der Waals surface area contributed by atoms with Gasteiger partial charge in [-0.05, 0) is 42.2 Å². The number of pyridine rings is 1. The van der Waals surface area contributed by atoms with Crippen molar-refractivity contribution in [3.8, 4) is 22.6 Å². The molecule has 1 saturated heterocycles. The molecule has 6 rings (SSSR count). The molecule has 0 spiro atoms. The minimum Gasteiger partial charge on any atom is -0.506 e. The maximum absolute atomic E-state index is 12.9. The fourth-order valence-corrected chi connectivity index (χ4v) is 7.29. The minimum absolute atomic E-state index is 0.0793. The summed E-state index contributed by atoms with van der Waals surface area (Å²) in [5, 5.41) is 34.8. The van der Waals surface area contributed by atoms with Crippen LogP contribution in [-0.4, -0.2) is 71.5 Å². The van der Waals surface area contributed by atoms with E-state index in [0.717, 1.165) is 22.4 Å². The first kappa shape index (κ1) is 36.9. The van der Waals surface area contributed by atoms with Crippen molar-refractivity contribution in [2.24, 2.45) is 0 Å². The molecule has 14 heteroatoms. The second-order valence-corrected chi connectivity index (χ2v) is 13.7. The van der Waals surface area contributed by atoms with Crippen LogP contribution in [0.4, 0.5) is 16.2 Å². The SMILES string of the molecule is COc1cc(NC(=O)CCN2CCC(OC(=O)Nc3cscc3-c3ccccc3)CC2)c(Cl)cc1CNCC(O)c1ccc(O)c2[nH]c(=O)ccc12. The molecule has 3 aromatic carbocycles. The summed E-state index contributed by atoms with van der Waals surface area (Å²) < 4.78 is 11.3. The van der Waals surface area contributed by atoms with Crippen molar-refractivity contribution in [3.63, 3.8) is 0 Å². The number of nitrogens with one attached hydrogen (secondary N) is 4. The molecule has 12 nitrogen and oxygen atoms in total. The van der Waals surface area contributed by atoms with Crippen molar-refractivity contribution in [2.75, 3.05) is 43.9 Å². The van der Waals surface area contributed by atoms with Crippen LogP contribution in [0.2, 0.25) is 5.02 Å². The number of thiophene rings is 1. The molecule has 3 heterocycles. The highest BCUT2D eigenvalue weighted by molar-refractivity contribution is 7.08. The third kappa shape index (κ3) is 9.11. The number of carbonyl (C=O) groups excluding carboxylic acids is 2. The fourth-order valence-electron chi connectivity index (χ4n) is 6.27. The predicted octanol–water partition coefficient (Wildman–Crippen LogP) is 6.49. The molecule has 272 valence electrons. The summed E-state index contributed by atoms with van der Waals surface area (Å²) in [6.45, 7) is 2.43. The Hall–Kier alpha value is -4.92. The summed E-state index contributed by atoms with van der Waals surface area (Å²) in [7, 11) is 1.53. The normalized spacial score (nSPS) is 14.2. The number of aromatic amines is 1. The highest BCUT2D eigenvalue weighted by Gasteiger charge is 2.24. The highest BCUT2D eigenvalue weighted by Crippen LogP contribution is 2.33. The Bertz CT molecular complexity index is 2080. The number of benzene rings is 3. The van der Waals surface area contributed by atoms with Crippen molar-refractivity contribution in [2.45, 2.75) is 38.0 Å². The lowest BCUT2D eigenvalue weighted by atomic mass is 10.0. The Morgan fingerprint density at radius 3 is 2.60 bits per heavy atom. The zero-order chi connectivity index (χ0) is 36.6. The van der Waals surface area contributed by atoms with E-state index in [0.29, 0.717) is 66.4 Å². The molecule has 52 heavy (non-hydrogen) atoms. The molecule has 2 amide bonds. The van der Waals surface area contributed by atoms with Crippen LogP contribution >= 0.6 is 22.9 Å². The van der Waals surface area contributed by atoms with Crippen LogP contribution in [0.15, 0.2) is 82.3 Å². The van der Waals surface area contributed by atoms with Gasteiger partial charge in [0.15, 0.2) is 0 Å². The fraction of sp³-hybridized carbons (Fsp3) is 0.289. The molecule has 2 aromatic heterocycles. The van der Waals surface area contributed by atoms with E-state index in [1.807, 2.05) is 41.1 Å². The van der Waals surface area contributed by atoms with Crippen molar-refractivity contribution in [3.05, 3.63) is 104 Å². The molecule has 5 aromatic rings. The van der Waals surface area contributed by atoms with Gasteiger partial charge in [-0.15, -0.1) is 11.3 Å². The van der Waals surface area contributed by atoms with E-state index in [1.165, 1.54) is 30.6 Å². The number of fused-ring (bicyclic) bond motifs is 1. The van der Waals surface area contributed by atoms with Crippen molar-refractivity contribution in [1.29, 1.82) is 0 Å². The van der Waals surface area contributed by atoms with Gasteiger partial charge >= 0.3 is 6.09 Å². The number of hydrogen-bond acceptors (Lipinski definition) is 10. The largest absolute Gasteiger partial charge is 0.506 e. The molecule has 0 radical (unpaired) electrons. The molecule has 6 N–H and O–H groups in total. The number of piperidine rings is 1. The molecule has 0 aliphatic carbocycles. The zero-order valence-corrected chi connectivity index (χ0v) is 30.1. The average Bonchev–Trinajstić information content (AvgIpc) is 3.60. The monoisotopic (exact) mass is 745 g/mol. The lowest BCUT2D eigenvalue weighted by molar-refractivity contribution is -0.116. The van der Waals surface area contributed by atoms with Gasteiger partial charge < -0.3 is 40.2 Å². The second-order valence-electron chi connectivity index (χ2n) is 12.5. The maximum Gasteiger partial charge on any atom is 0.411 e. The van der Waals surface area contributed by atoms with Gasteiger partial charge in [0.2, 0.25) is 11.5 Å². The molecule has 1 aliphatic heterocycles. The highest BCUT2D eigenvalue weighted by atomic mass is 35.5. The Balaban J connectivity index is 0.939. The molecule has 1 fully saturated rings. The number of halogens is 1. The number of anilines is 2. The van der Waals surface area contributed by atoms with Crippen LogP contribution in [-0.2, 0) is 16.1 Å². The van der Waals surface area contributed by atoms with Crippen LogP contribution in [0.3, 0.4) is 0 Å². The molecule has 1 atom stereocenters. The maximum atomic E-state index is 12.9. The summed E-state index contributed by atoms with van der Waals surface area (Å²) in [4.78, 5) is 42.1. The number of aliphatic hydroxyl groups excluding tert-OH is 1. The van der Waals surface area contributed by atoms with E-state index in [9.17, 15) is 24.6 Å². The first-order valence-corrected chi connectivity index (χ1v) is 18.2. The predicted molar refractivity (Wildman–Crippen MR) is 203 cm³/mol. The van der Waals surface area contributed by atoms with Gasteiger partial charge in [-0.25, -0.2) is 4.79 Å². The lowest BCUT2D eigenvalue weighted by Crippen LogP contribution is -2.39. The molecular weight excluding hydrogens is 706 g/mol. The lowest BCUT2D eigenvalue weighted by Gasteiger charge is -2.31. The van der Waals surface area contributed by atoms with Gasteiger partial charge in [0, 0.05) is 78.6 Å². The van der Waals surface area contributed by atoms with Gasteiger partial charge in [0.25, 0.3) is 0 Å². The quantitative estimate of drug-likeness (QED) is 0.0791. The third-order valence-corrected chi connectivity index (χ3v) is 10.1. The third-order valence-electron chi connectivity index (χ3n) is 9.01. The smallest absolute Gasteiger partial charge is 0.411 e. The number of phenols is 1. The van der Waals surface area contributed by atoms with E-state index in [2.05, 4.69) is 25.8 Å². The van der Waals surface area contributed by atoms with Crippen molar-refractivity contribution in [1.82, 2.24) is 15.2 Å². The number of aliphatic hydroxyl groups is 1. The topological polar surface area (TPSA) is 165 Å². The van der Waals surface area contributed by atoms with Crippen molar-refractivity contribution >= 4 is 57.2 Å². The van der Waals surface area contributed by atoms with E-state index in [4.69, 9.17) is 21.1 Å². The number of hydrogen-bond donors (Lipinski definition) is 6. The number of ether oxygens (including phenoxy) is 2. The summed E-state index contributed by atoms with van der Waals surface area (Å²) >= 11 is 8.08. The minimum atomic E-state index is -0.933. The number of amides is 2. The number of carbonyl (C=O) groups is 2. The molecule has 0 bridgehead atoms. The average molecular weight is 746 g/mol. The Kier molecular flexibility index (Phi) is 12.1. The van der Waals surface area contributed by atoms with E-state index in [1.54, 1.807) is 24.3 Å². The van der Waals surface area contributed by atoms with Gasteiger partial charge in [-0.3, -0.25) is 14.9 Å². The standard InChI is InChI=1S/C38H40ClN5O7S/c1-50-34-18-30(29(39)17-24(34)19-40-20-33(46)26-7-9-32(45)37-27(26)8-10-35(47)43-37)41-36(48)13-16-44-14-11-25(12-15-44)51-38(49)42-31-22-52-21-28(31)23-5-3-2-4-6-23/h2-10,17-18,21-22,25,33,40,45-46H,11-16,19-20H2,1H3,(H,41,48)(H,42,49)(H,43,47). The zero-order valence-electron chi connectivity index (χ0n) is 28.5. The van der Waals surface area contributed by atoms with Crippen LogP contribution in [0.1, 0.15) is 36.5 Å². The number of aromatic nitrogens is 1. The second kappa shape index (κ2) is 17.1. The van der Waals surface area contributed by atoms with Gasteiger partial charge in [-0.1, -0.05) is 48.0 Å². The molecule has 1 unspecified atom stereocenters. The first-order valence-electron chi connectivity index (χ1n) is 16.9. The van der Waals surface area contributed by atoms with E-state index >= 15 is 0 Å². The molecule has 0 saturated carbocycles. The molecular formula is C38H40ClN5O7S. The number of aromatic hydroxyl groups is 1. The number of nitrogens with zero attached hydrogens (tertiary/aromatic N) is 1. The number of rotatable bonds is 13. The Morgan fingerprint density at radius 2 is 1.83 bits per heavy atom. The van der Waals surface area contributed by atoms with Crippen LogP contribution in [0.25, 0.3) is 22.0 Å². The van der Waals surface area contributed by atoms with Crippen LogP contribution < -0.4 is 26.2 Å². The summed E-state index contributed by atoms with van der Waals surface area (Å²) in [6, 6.07) is 19.2. The van der Waals surface area contributed by atoms with Crippen LogP contribution in [0, 0.1) is 0 Å². The number of phenolic OH excluding ortho intramolecular Hbond substituents is 1. The summed E-state index contributed by atoms with van der Waals surface area (Å²) in [6.07, 6.45) is -0.00453. The van der Waals surface area contributed by atoms with E-state index in [-0.39, 0.29) is 41.8 Å². The number of H-pyrrole nitrogens is 1. The van der Waals surface area contributed by atoms with E-state index < -0.39 is 12.2 Å². The summed E-state index contributed by atoms with van der Waals surface area (Å²) in [5.41, 5.74) is 4.32. The van der Waals surface area contributed by atoms with Crippen LogP contribution in [0.5, 0.6) is 11.5 Å². The summed E-state index contributed by atoms with van der Waals surface area (Å²) in [5.74, 6) is 0.239. The first-order chi connectivity index (χ1) is 25.2. The van der Waals surface area contributed by atoms with Gasteiger partial charge in [0.1, 0.15) is 17.6 Å². The van der Waals surface area contributed by atoms with Gasteiger partial charge in [-0.2, -0.15) is 0 Å². The Morgan fingerprint density at radius 1 is 1.04 bits per heavy atom.